The molecule has 0 aliphatic heterocycles. The molecule has 108 valence electrons. The van der Waals surface area contributed by atoms with E-state index in [2.05, 4.69) is 0 Å². The van der Waals surface area contributed by atoms with Crippen LogP contribution in [0.1, 0.15) is 12.0 Å². The zero-order valence-corrected chi connectivity index (χ0v) is 10.0. The number of benzene rings is 1. The van der Waals surface area contributed by atoms with Gasteiger partial charge < -0.3 is 5.11 Å². The van der Waals surface area contributed by atoms with Gasteiger partial charge in [-0.2, -0.15) is 8.78 Å². The van der Waals surface area contributed by atoms with Crippen LogP contribution in [0.5, 0.6) is 5.75 Å². The van der Waals surface area contributed by atoms with E-state index in [0.29, 0.717) is 5.56 Å². The van der Waals surface area contributed by atoms with Crippen LogP contribution in [0.4, 0.5) is 17.6 Å². The van der Waals surface area contributed by atoms with Gasteiger partial charge in [-0.15, -0.1) is 0 Å². The fourth-order valence-electron chi connectivity index (χ4n) is 1.23. The normalized spacial score (nSPS) is 12.1. The molecule has 0 bridgehead atoms. The third kappa shape index (κ3) is 4.18. The number of halogens is 4. The van der Waals surface area contributed by atoms with Crippen LogP contribution in [0, 0.1) is 0 Å². The summed E-state index contributed by atoms with van der Waals surface area (Å²) < 4.78 is 49.0. The Bertz CT molecular complexity index is 521. The summed E-state index contributed by atoms with van der Waals surface area (Å²) in [5.41, 5.74) is 0.476. The van der Waals surface area contributed by atoms with Crippen LogP contribution in [0.2, 0.25) is 0 Å². The lowest BCUT2D eigenvalue weighted by molar-refractivity contribution is -0.167. The van der Waals surface area contributed by atoms with Crippen molar-refractivity contribution in [2.45, 2.75) is 18.8 Å². The van der Waals surface area contributed by atoms with E-state index in [1.807, 2.05) is 0 Å². The molecule has 0 unspecified atom stereocenters. The number of carbonyl (C=O) groups excluding carboxylic acids is 2. The predicted molar refractivity (Wildman–Crippen MR) is 62.7 cm³/mol. The zero-order chi connectivity index (χ0) is 15.3. The largest absolute Gasteiger partial charge is 0.508 e. The number of rotatable bonds is 6. The van der Waals surface area contributed by atoms with E-state index in [1.54, 1.807) is 0 Å². The monoisotopic (exact) mass is 290 g/mol. The molecule has 1 N–H and O–H groups in total. The fraction of sp³-hybridized carbons (Fsp3) is 0.231. The summed E-state index contributed by atoms with van der Waals surface area (Å²) in [7, 11) is 0. The molecule has 3 nitrogen and oxygen atoms in total. The third-order valence-corrected chi connectivity index (χ3v) is 2.34. The molecular weight excluding hydrogens is 280 g/mol. The maximum Gasteiger partial charge on any atom is 0.364 e. The highest BCUT2D eigenvalue weighted by Crippen LogP contribution is 2.25. The van der Waals surface area contributed by atoms with Crippen LogP contribution >= 0.6 is 0 Å². The first-order valence-electron chi connectivity index (χ1n) is 5.42. The number of alkyl halides is 4. The average Bonchev–Trinajstić information content (AvgIpc) is 2.37. The standard InChI is InChI=1S/C13H10F4O3/c14-12(15)13(16,17)11(20)7-10(19)6-3-8-1-4-9(18)5-2-8/h1-6,12,18H,7H2. The second-order valence-electron chi connectivity index (χ2n) is 3.91. The number of allylic oxidation sites excluding steroid dienone is 1. The van der Waals surface area contributed by atoms with Gasteiger partial charge >= 0.3 is 12.3 Å². The van der Waals surface area contributed by atoms with Crippen molar-refractivity contribution in [3.05, 3.63) is 35.9 Å². The molecule has 0 saturated heterocycles. The summed E-state index contributed by atoms with van der Waals surface area (Å²) in [6.07, 6.45) is -3.38. The number of carbonyl (C=O) groups is 2. The number of phenolic OH excluding ortho intramolecular Hbond substituents is 1. The van der Waals surface area contributed by atoms with Crippen molar-refractivity contribution >= 4 is 17.6 Å². The number of Topliss-reactive ketones (excluding diaryl/α,β-unsaturated/α-hetero) is 1. The first-order valence-corrected chi connectivity index (χ1v) is 5.42. The Labute approximate surface area is 111 Å². The average molecular weight is 290 g/mol. The van der Waals surface area contributed by atoms with Crippen molar-refractivity contribution < 1.29 is 32.3 Å². The topological polar surface area (TPSA) is 54.4 Å². The zero-order valence-electron chi connectivity index (χ0n) is 10.0. The lowest BCUT2D eigenvalue weighted by Gasteiger charge is -2.12. The van der Waals surface area contributed by atoms with Gasteiger partial charge in [-0.3, -0.25) is 9.59 Å². The molecule has 0 heterocycles. The van der Waals surface area contributed by atoms with Crippen molar-refractivity contribution in [3.8, 4) is 5.75 Å². The maximum atomic E-state index is 12.6. The van der Waals surface area contributed by atoms with Crippen LogP contribution in [-0.4, -0.2) is 29.0 Å². The van der Waals surface area contributed by atoms with Crippen molar-refractivity contribution in [2.24, 2.45) is 0 Å². The molecule has 0 aliphatic carbocycles. The van der Waals surface area contributed by atoms with Crippen LogP contribution < -0.4 is 0 Å². The number of phenols is 1. The van der Waals surface area contributed by atoms with E-state index in [4.69, 9.17) is 5.11 Å². The Morgan fingerprint density at radius 3 is 2.25 bits per heavy atom. The SMILES string of the molecule is O=C(C=Cc1ccc(O)cc1)CC(=O)C(F)(F)C(F)F. The van der Waals surface area contributed by atoms with Gasteiger partial charge in [0, 0.05) is 0 Å². The summed E-state index contributed by atoms with van der Waals surface area (Å²) in [6.45, 7) is 0. The Morgan fingerprint density at radius 1 is 1.20 bits per heavy atom. The Balaban J connectivity index is 2.64. The van der Waals surface area contributed by atoms with E-state index >= 15 is 0 Å². The lowest BCUT2D eigenvalue weighted by Crippen LogP contribution is -2.37. The minimum Gasteiger partial charge on any atom is -0.508 e. The molecule has 1 rings (SSSR count). The van der Waals surface area contributed by atoms with Crippen LogP contribution in [0.15, 0.2) is 30.3 Å². The first-order chi connectivity index (χ1) is 9.23. The second kappa shape index (κ2) is 6.31. The van der Waals surface area contributed by atoms with Gasteiger partial charge in [-0.05, 0) is 23.8 Å². The highest BCUT2D eigenvalue weighted by atomic mass is 19.3. The summed E-state index contributed by atoms with van der Waals surface area (Å²) in [4.78, 5) is 22.1. The highest BCUT2D eigenvalue weighted by Gasteiger charge is 2.48. The van der Waals surface area contributed by atoms with E-state index in [-0.39, 0.29) is 5.75 Å². The van der Waals surface area contributed by atoms with Gasteiger partial charge in [0.25, 0.3) is 0 Å². The molecule has 0 aliphatic rings. The van der Waals surface area contributed by atoms with E-state index in [1.165, 1.54) is 30.3 Å². The summed E-state index contributed by atoms with van der Waals surface area (Å²) >= 11 is 0. The molecule has 0 amide bonds. The highest BCUT2D eigenvalue weighted by molar-refractivity contribution is 6.08. The molecule has 0 spiro atoms. The van der Waals surface area contributed by atoms with Crippen molar-refractivity contribution in [2.75, 3.05) is 0 Å². The van der Waals surface area contributed by atoms with Crippen LogP contribution in [0.25, 0.3) is 6.08 Å². The maximum absolute atomic E-state index is 12.6. The van der Waals surface area contributed by atoms with Gasteiger partial charge in [0.05, 0.1) is 6.42 Å². The second-order valence-corrected chi connectivity index (χ2v) is 3.91. The molecule has 0 aromatic heterocycles. The van der Waals surface area contributed by atoms with Gasteiger partial charge in [0.2, 0.25) is 5.78 Å². The van der Waals surface area contributed by atoms with Crippen molar-refractivity contribution in [3.63, 3.8) is 0 Å². The molecule has 0 radical (unpaired) electrons. The summed E-state index contributed by atoms with van der Waals surface area (Å²) in [5.74, 6) is -7.95. The van der Waals surface area contributed by atoms with E-state index in [9.17, 15) is 27.2 Å². The minimum absolute atomic E-state index is 0.000213. The predicted octanol–water partition coefficient (Wildman–Crippen LogP) is 2.83. The lowest BCUT2D eigenvalue weighted by atomic mass is 10.1. The molecule has 1 aromatic rings. The number of hydrogen-bond acceptors (Lipinski definition) is 3. The smallest absolute Gasteiger partial charge is 0.364 e. The van der Waals surface area contributed by atoms with Gasteiger partial charge in [-0.1, -0.05) is 18.2 Å². The van der Waals surface area contributed by atoms with Gasteiger partial charge in [-0.25, -0.2) is 8.78 Å². The molecule has 0 fully saturated rings. The molecular formula is C13H10F4O3. The molecule has 0 saturated carbocycles. The number of ketones is 2. The quantitative estimate of drug-likeness (QED) is 0.498. The molecule has 0 atom stereocenters. The molecule has 7 heteroatoms. The van der Waals surface area contributed by atoms with Gasteiger partial charge in [0.1, 0.15) is 5.75 Å². The molecule has 20 heavy (non-hydrogen) atoms. The summed E-state index contributed by atoms with van der Waals surface area (Å²) in [6, 6.07) is 5.55. The summed E-state index contributed by atoms with van der Waals surface area (Å²) in [5, 5.41) is 9.00. The number of hydrogen-bond donors (Lipinski definition) is 1. The Morgan fingerprint density at radius 2 is 1.75 bits per heavy atom. The fourth-order valence-corrected chi connectivity index (χ4v) is 1.23. The van der Waals surface area contributed by atoms with Crippen LogP contribution in [0.3, 0.4) is 0 Å². The van der Waals surface area contributed by atoms with Crippen LogP contribution in [-0.2, 0) is 9.59 Å². The number of aromatic hydroxyl groups is 1. The Hall–Kier alpha value is -2.18. The van der Waals surface area contributed by atoms with Crippen molar-refractivity contribution in [1.82, 2.24) is 0 Å². The van der Waals surface area contributed by atoms with Gasteiger partial charge in [0.15, 0.2) is 5.78 Å². The van der Waals surface area contributed by atoms with Crippen molar-refractivity contribution in [1.29, 1.82) is 0 Å². The van der Waals surface area contributed by atoms with E-state index < -0.39 is 30.3 Å². The minimum atomic E-state index is -4.82. The molecule has 1 aromatic carbocycles. The first kappa shape index (κ1) is 15.9. The third-order valence-electron chi connectivity index (χ3n) is 2.34. The van der Waals surface area contributed by atoms with E-state index in [0.717, 1.165) is 6.08 Å². The Kier molecular flexibility index (Phi) is 5.01.